The molecule has 0 radical (unpaired) electrons. The molecule has 14 heavy (non-hydrogen) atoms. The fraction of sp³-hybridized carbons (Fsp3) is 0.500. The number of pyridine rings is 1. The van der Waals surface area contributed by atoms with Crippen LogP contribution < -0.4 is 5.73 Å². The van der Waals surface area contributed by atoms with Crippen molar-refractivity contribution in [2.45, 2.75) is 25.3 Å². The molecule has 1 fully saturated rings. The van der Waals surface area contributed by atoms with Gasteiger partial charge in [0.1, 0.15) is 4.60 Å². The Morgan fingerprint density at radius 2 is 2.21 bits per heavy atom. The number of aromatic nitrogens is 1. The molecule has 0 bridgehead atoms. The third-order valence-electron chi connectivity index (χ3n) is 2.79. The summed E-state index contributed by atoms with van der Waals surface area (Å²) in [5, 5.41) is 0. The molecule has 0 aromatic carbocycles. The Kier molecular flexibility index (Phi) is 4.35. The van der Waals surface area contributed by atoms with E-state index in [1.165, 1.54) is 24.8 Å². The van der Waals surface area contributed by atoms with Gasteiger partial charge in [-0.2, -0.15) is 0 Å². The van der Waals surface area contributed by atoms with E-state index in [0.29, 0.717) is 5.92 Å². The highest BCUT2D eigenvalue weighted by Crippen LogP contribution is 2.36. The van der Waals surface area contributed by atoms with Gasteiger partial charge in [0.2, 0.25) is 0 Å². The Bertz CT molecular complexity index is 302. The predicted octanol–water partition coefficient (Wildman–Crippen LogP) is 3.07. The zero-order valence-corrected chi connectivity index (χ0v) is 10.2. The maximum absolute atomic E-state index is 6.12. The smallest absolute Gasteiger partial charge is 0.106 e. The molecule has 0 amide bonds. The number of hydrogen-bond donors (Lipinski definition) is 1. The van der Waals surface area contributed by atoms with Crippen molar-refractivity contribution in [3.63, 3.8) is 0 Å². The van der Waals surface area contributed by atoms with Crippen molar-refractivity contribution in [1.29, 1.82) is 0 Å². The van der Waals surface area contributed by atoms with Gasteiger partial charge in [-0.25, -0.2) is 4.98 Å². The van der Waals surface area contributed by atoms with E-state index in [9.17, 15) is 0 Å². The lowest BCUT2D eigenvalue weighted by atomic mass is 9.78. The standard InChI is InChI=1S/C10H13BrN2.ClH/c11-9-6-8(4-5-13-9)10(12)7-2-1-3-7;/h4-7,10H,1-3,12H2;1H/t10-;/m1./s1. The fourth-order valence-electron chi connectivity index (χ4n) is 1.70. The van der Waals surface area contributed by atoms with Gasteiger partial charge >= 0.3 is 0 Å². The van der Waals surface area contributed by atoms with E-state index in [1.54, 1.807) is 6.20 Å². The van der Waals surface area contributed by atoms with E-state index in [2.05, 4.69) is 20.9 Å². The van der Waals surface area contributed by atoms with Crippen molar-refractivity contribution < 1.29 is 0 Å². The first-order valence-electron chi connectivity index (χ1n) is 4.64. The van der Waals surface area contributed by atoms with Crippen LogP contribution in [0.3, 0.4) is 0 Å². The normalized spacial score (nSPS) is 18.1. The Labute approximate surface area is 98.8 Å². The summed E-state index contributed by atoms with van der Waals surface area (Å²) >= 11 is 3.35. The summed E-state index contributed by atoms with van der Waals surface area (Å²) in [4.78, 5) is 4.09. The second-order valence-corrected chi connectivity index (χ2v) is 4.44. The van der Waals surface area contributed by atoms with Crippen LogP contribution in [0.1, 0.15) is 30.9 Å². The summed E-state index contributed by atoms with van der Waals surface area (Å²) in [5.74, 6) is 0.689. The molecule has 1 aromatic heterocycles. The molecule has 4 heteroatoms. The average molecular weight is 278 g/mol. The molecule has 2 rings (SSSR count). The first-order valence-corrected chi connectivity index (χ1v) is 5.43. The molecule has 1 atom stereocenters. The van der Waals surface area contributed by atoms with Gasteiger partial charge in [-0.1, -0.05) is 6.42 Å². The zero-order valence-electron chi connectivity index (χ0n) is 7.82. The van der Waals surface area contributed by atoms with Crippen LogP contribution in [0.25, 0.3) is 0 Å². The van der Waals surface area contributed by atoms with E-state index < -0.39 is 0 Å². The SMILES string of the molecule is Cl.N[C@@H](c1ccnc(Br)c1)C1CCC1. The van der Waals surface area contributed by atoms with Crippen LogP contribution in [-0.4, -0.2) is 4.98 Å². The van der Waals surface area contributed by atoms with Gasteiger partial charge in [0.25, 0.3) is 0 Å². The third-order valence-corrected chi connectivity index (χ3v) is 3.23. The van der Waals surface area contributed by atoms with Crippen molar-refractivity contribution in [3.05, 3.63) is 28.5 Å². The quantitative estimate of drug-likeness (QED) is 0.844. The summed E-state index contributed by atoms with van der Waals surface area (Å²) in [5.41, 5.74) is 7.32. The predicted molar refractivity (Wildman–Crippen MR) is 63.5 cm³/mol. The second-order valence-electron chi connectivity index (χ2n) is 3.63. The van der Waals surface area contributed by atoms with Gasteiger partial charge in [-0.15, -0.1) is 12.4 Å². The minimum atomic E-state index is 0. The Morgan fingerprint density at radius 1 is 1.50 bits per heavy atom. The minimum Gasteiger partial charge on any atom is -0.324 e. The number of halogens is 2. The van der Waals surface area contributed by atoms with Gasteiger partial charge in [-0.3, -0.25) is 0 Å². The van der Waals surface area contributed by atoms with Crippen LogP contribution in [0.4, 0.5) is 0 Å². The molecule has 2 N–H and O–H groups in total. The minimum absolute atomic E-state index is 0. The summed E-state index contributed by atoms with van der Waals surface area (Å²) in [7, 11) is 0. The first-order chi connectivity index (χ1) is 6.27. The monoisotopic (exact) mass is 276 g/mol. The van der Waals surface area contributed by atoms with Gasteiger partial charge in [0.05, 0.1) is 0 Å². The van der Waals surface area contributed by atoms with Gasteiger partial charge in [0, 0.05) is 12.2 Å². The number of hydrogen-bond acceptors (Lipinski definition) is 2. The topological polar surface area (TPSA) is 38.9 Å². The van der Waals surface area contributed by atoms with E-state index in [4.69, 9.17) is 5.73 Å². The molecule has 1 aliphatic carbocycles. The van der Waals surface area contributed by atoms with Crippen molar-refractivity contribution >= 4 is 28.3 Å². The highest BCUT2D eigenvalue weighted by molar-refractivity contribution is 9.10. The highest BCUT2D eigenvalue weighted by Gasteiger charge is 2.25. The molecule has 78 valence electrons. The summed E-state index contributed by atoms with van der Waals surface area (Å²) in [6, 6.07) is 4.23. The molecule has 1 aliphatic rings. The zero-order chi connectivity index (χ0) is 9.26. The number of nitrogens with zero attached hydrogens (tertiary/aromatic N) is 1. The second kappa shape index (κ2) is 5.10. The largest absolute Gasteiger partial charge is 0.324 e. The van der Waals surface area contributed by atoms with E-state index in [0.717, 1.165) is 4.60 Å². The average Bonchev–Trinajstić information content (AvgIpc) is 2.01. The summed E-state index contributed by atoms with van der Waals surface area (Å²) in [6.07, 6.45) is 5.70. The molecule has 0 spiro atoms. The van der Waals surface area contributed by atoms with Crippen LogP contribution in [0.2, 0.25) is 0 Å². The molecule has 1 aromatic rings. The first kappa shape index (κ1) is 12.0. The van der Waals surface area contributed by atoms with Crippen molar-refractivity contribution in [1.82, 2.24) is 4.98 Å². The maximum atomic E-state index is 6.12. The van der Waals surface area contributed by atoms with Crippen molar-refractivity contribution in [2.24, 2.45) is 11.7 Å². The van der Waals surface area contributed by atoms with E-state index in [1.807, 2.05) is 12.1 Å². The Hall–Kier alpha value is -0.120. The maximum Gasteiger partial charge on any atom is 0.106 e. The molecule has 0 unspecified atom stereocenters. The van der Waals surface area contributed by atoms with Crippen molar-refractivity contribution in [2.75, 3.05) is 0 Å². The fourth-order valence-corrected chi connectivity index (χ4v) is 2.08. The lowest BCUT2D eigenvalue weighted by Gasteiger charge is -2.31. The van der Waals surface area contributed by atoms with Gasteiger partial charge < -0.3 is 5.73 Å². The van der Waals surface area contributed by atoms with E-state index in [-0.39, 0.29) is 18.4 Å². The lowest BCUT2D eigenvalue weighted by molar-refractivity contribution is 0.264. The van der Waals surface area contributed by atoms with Gasteiger partial charge in [0.15, 0.2) is 0 Å². The lowest BCUT2D eigenvalue weighted by Crippen LogP contribution is -2.26. The summed E-state index contributed by atoms with van der Waals surface area (Å²) < 4.78 is 0.875. The molecule has 0 aliphatic heterocycles. The molecular weight excluding hydrogens is 263 g/mol. The van der Waals surface area contributed by atoms with Crippen LogP contribution in [0.15, 0.2) is 22.9 Å². The van der Waals surface area contributed by atoms with Crippen LogP contribution in [-0.2, 0) is 0 Å². The van der Waals surface area contributed by atoms with Crippen LogP contribution in [0.5, 0.6) is 0 Å². The molecule has 1 saturated carbocycles. The van der Waals surface area contributed by atoms with E-state index >= 15 is 0 Å². The molecule has 0 saturated heterocycles. The molecular formula is C10H14BrClN2. The highest BCUT2D eigenvalue weighted by atomic mass is 79.9. The van der Waals surface area contributed by atoms with Crippen LogP contribution >= 0.6 is 28.3 Å². The van der Waals surface area contributed by atoms with Gasteiger partial charge in [-0.05, 0) is 52.4 Å². The molecule has 1 heterocycles. The third kappa shape index (κ3) is 2.47. The summed E-state index contributed by atoms with van der Waals surface area (Å²) in [6.45, 7) is 0. The number of nitrogens with two attached hydrogens (primary N) is 1. The number of rotatable bonds is 2. The molecule has 2 nitrogen and oxygen atoms in total. The van der Waals surface area contributed by atoms with Crippen molar-refractivity contribution in [3.8, 4) is 0 Å². The Morgan fingerprint density at radius 3 is 2.71 bits per heavy atom. The Balaban J connectivity index is 0.000000980. The van der Waals surface area contributed by atoms with Crippen LogP contribution in [0, 0.1) is 5.92 Å².